The van der Waals surface area contributed by atoms with E-state index < -0.39 is 0 Å². The van der Waals surface area contributed by atoms with Gasteiger partial charge >= 0.3 is 0 Å². The summed E-state index contributed by atoms with van der Waals surface area (Å²) in [7, 11) is 2.20. The highest BCUT2D eigenvalue weighted by molar-refractivity contribution is 5.80. The molecule has 0 unspecified atom stereocenters. The molecule has 2 aliphatic rings. The highest BCUT2D eigenvalue weighted by Crippen LogP contribution is 2.34. The monoisotopic (exact) mass is 384 g/mol. The number of piperazine rings is 1. The smallest absolute Gasteiger partial charge is 0.141 e. The summed E-state index contributed by atoms with van der Waals surface area (Å²) in [5, 5.41) is 0. The van der Waals surface area contributed by atoms with Crippen LogP contribution in [0.15, 0.2) is 60.8 Å². The fourth-order valence-corrected chi connectivity index (χ4v) is 4.26. The summed E-state index contributed by atoms with van der Waals surface area (Å²) in [5.74, 6) is 1.22. The van der Waals surface area contributed by atoms with Crippen molar-refractivity contribution in [1.29, 1.82) is 0 Å². The van der Waals surface area contributed by atoms with Crippen molar-refractivity contribution in [3.05, 3.63) is 72.0 Å². The highest BCUT2D eigenvalue weighted by Gasteiger charge is 2.23. The van der Waals surface area contributed by atoms with Crippen molar-refractivity contribution in [2.75, 3.05) is 38.1 Å². The average molecular weight is 385 g/mol. The number of likely N-dealkylation sites (N-methyl/N-ethyl adjacent to an activating group) is 1. The molecule has 2 aromatic heterocycles. The quantitative estimate of drug-likeness (QED) is 0.648. The Balaban J connectivity index is 1.66. The van der Waals surface area contributed by atoms with Crippen LogP contribution in [0.2, 0.25) is 0 Å². The first kappa shape index (κ1) is 18.2. The van der Waals surface area contributed by atoms with Crippen LogP contribution in [-0.2, 0) is 0 Å². The Labute approximate surface area is 172 Å². The molecule has 1 saturated heterocycles. The lowest BCUT2D eigenvalue weighted by Gasteiger charge is -2.34. The molecule has 4 heteroatoms. The Hall–Kier alpha value is -2.85. The molecule has 0 amide bonds. The Morgan fingerprint density at radius 2 is 1.62 bits per heavy atom. The second-order valence-corrected chi connectivity index (χ2v) is 8.23. The summed E-state index contributed by atoms with van der Waals surface area (Å²) in [6.07, 6.45) is 11.4. The summed E-state index contributed by atoms with van der Waals surface area (Å²) in [5.41, 5.74) is 7.13. The van der Waals surface area contributed by atoms with E-state index in [-0.39, 0.29) is 0 Å². The lowest BCUT2D eigenvalue weighted by atomic mass is 10.0. The van der Waals surface area contributed by atoms with Crippen molar-refractivity contribution in [2.24, 2.45) is 0 Å². The van der Waals surface area contributed by atoms with E-state index >= 15 is 0 Å². The van der Waals surface area contributed by atoms with Gasteiger partial charge in [0.1, 0.15) is 17.2 Å². The van der Waals surface area contributed by atoms with Gasteiger partial charge in [0.25, 0.3) is 0 Å². The highest BCUT2D eigenvalue weighted by atomic mass is 15.3. The number of aromatic nitrogens is 2. The molecule has 4 nitrogen and oxygen atoms in total. The van der Waals surface area contributed by atoms with Gasteiger partial charge in [-0.25, -0.2) is 4.98 Å². The third kappa shape index (κ3) is 3.49. The fourth-order valence-electron chi connectivity index (χ4n) is 4.26. The lowest BCUT2D eigenvalue weighted by molar-refractivity contribution is 0.312. The summed E-state index contributed by atoms with van der Waals surface area (Å²) in [6.45, 7) is 6.33. The van der Waals surface area contributed by atoms with Crippen molar-refractivity contribution in [1.82, 2.24) is 14.3 Å². The molecule has 1 aliphatic carbocycles. The number of imidazole rings is 1. The van der Waals surface area contributed by atoms with Gasteiger partial charge in [-0.3, -0.25) is 4.40 Å². The van der Waals surface area contributed by atoms with E-state index in [2.05, 4.69) is 89.0 Å². The maximum Gasteiger partial charge on any atom is 0.141 e. The Morgan fingerprint density at radius 1 is 0.862 bits per heavy atom. The van der Waals surface area contributed by atoms with Crippen LogP contribution in [0.4, 0.5) is 5.82 Å². The predicted molar refractivity (Wildman–Crippen MR) is 121 cm³/mol. The van der Waals surface area contributed by atoms with Crippen molar-refractivity contribution in [3.63, 3.8) is 0 Å². The van der Waals surface area contributed by atoms with Gasteiger partial charge in [0.05, 0.1) is 0 Å². The molecule has 3 aromatic rings. The number of nitrogens with zero attached hydrogens (tertiary/aromatic N) is 4. The molecule has 0 atom stereocenters. The Bertz CT molecular complexity index is 1080. The summed E-state index contributed by atoms with van der Waals surface area (Å²) in [4.78, 5) is 9.96. The van der Waals surface area contributed by atoms with E-state index in [1.165, 1.54) is 28.1 Å². The zero-order valence-electron chi connectivity index (χ0n) is 17.3. The largest absolute Gasteiger partial charge is 0.353 e. The minimum absolute atomic E-state index is 1.01. The van der Waals surface area contributed by atoms with Crippen LogP contribution >= 0.6 is 0 Å². The molecule has 0 saturated carbocycles. The third-order valence-corrected chi connectivity index (χ3v) is 6.05. The van der Waals surface area contributed by atoms with Crippen LogP contribution in [0.5, 0.6) is 0 Å². The molecule has 0 radical (unpaired) electrons. The molecule has 5 rings (SSSR count). The van der Waals surface area contributed by atoms with Gasteiger partial charge < -0.3 is 9.80 Å². The minimum Gasteiger partial charge on any atom is -0.353 e. The van der Waals surface area contributed by atoms with E-state index in [0.717, 1.165) is 50.4 Å². The molecule has 0 bridgehead atoms. The summed E-state index contributed by atoms with van der Waals surface area (Å²) < 4.78 is 2.30. The van der Waals surface area contributed by atoms with E-state index in [4.69, 9.17) is 4.98 Å². The molecule has 1 aliphatic heterocycles. The van der Waals surface area contributed by atoms with E-state index in [1.807, 2.05) is 0 Å². The second-order valence-electron chi connectivity index (χ2n) is 8.23. The number of hydrogen-bond acceptors (Lipinski definition) is 3. The molecule has 0 N–H and O–H groups in total. The van der Waals surface area contributed by atoms with Gasteiger partial charge in [-0.05, 0) is 50.1 Å². The number of benzene rings is 1. The van der Waals surface area contributed by atoms with Crippen LogP contribution in [0.1, 0.15) is 24.0 Å². The number of pyridine rings is 1. The van der Waals surface area contributed by atoms with E-state index in [0.29, 0.717) is 0 Å². The van der Waals surface area contributed by atoms with Crippen LogP contribution in [0.3, 0.4) is 0 Å². The van der Waals surface area contributed by atoms with Crippen LogP contribution in [0.25, 0.3) is 22.5 Å². The molecule has 148 valence electrons. The summed E-state index contributed by atoms with van der Waals surface area (Å²) in [6, 6.07) is 13.1. The van der Waals surface area contributed by atoms with Gasteiger partial charge in [0, 0.05) is 37.9 Å². The first-order chi connectivity index (χ1) is 14.2. The zero-order valence-corrected chi connectivity index (χ0v) is 17.3. The predicted octanol–water partition coefficient (Wildman–Crippen LogP) is 4.79. The van der Waals surface area contributed by atoms with Gasteiger partial charge in [-0.2, -0.15) is 0 Å². The normalized spacial score (nSPS) is 17.7. The number of anilines is 1. The molecular weight excluding hydrogens is 356 g/mol. The number of allylic oxidation sites excluding steroid dienone is 4. The Morgan fingerprint density at radius 3 is 2.34 bits per heavy atom. The Kier molecular flexibility index (Phi) is 4.72. The third-order valence-electron chi connectivity index (χ3n) is 6.05. The average Bonchev–Trinajstić information content (AvgIpc) is 3.14. The topological polar surface area (TPSA) is 23.8 Å². The zero-order chi connectivity index (χ0) is 19.8. The minimum atomic E-state index is 1.01. The van der Waals surface area contributed by atoms with E-state index in [9.17, 15) is 0 Å². The van der Waals surface area contributed by atoms with Crippen LogP contribution < -0.4 is 4.90 Å². The molecule has 0 spiro atoms. The second kappa shape index (κ2) is 7.53. The molecular formula is C25H28N4. The van der Waals surface area contributed by atoms with Gasteiger partial charge in [0.15, 0.2) is 0 Å². The molecule has 1 fully saturated rings. The van der Waals surface area contributed by atoms with Gasteiger partial charge in [0.2, 0.25) is 0 Å². The van der Waals surface area contributed by atoms with Crippen molar-refractivity contribution < 1.29 is 0 Å². The maximum absolute atomic E-state index is 5.06. The number of fused-ring (bicyclic) bond motifs is 1. The first-order valence-electron chi connectivity index (χ1n) is 10.6. The first-order valence-corrected chi connectivity index (χ1v) is 10.6. The molecule has 1 aromatic carbocycles. The number of rotatable bonds is 3. The summed E-state index contributed by atoms with van der Waals surface area (Å²) >= 11 is 0. The van der Waals surface area contributed by atoms with Gasteiger partial charge in [-0.1, -0.05) is 48.1 Å². The SMILES string of the molecule is Cc1ccc(-c2nc3ccc(C4=CCCC=C4)cn3c2N2CCN(C)CC2)cc1. The standard InChI is InChI=1S/C25H28N4/c1-19-8-10-21(11-9-19)24-25(28-16-14-27(2)15-17-28)29-18-22(12-13-23(29)26-24)20-6-4-3-5-7-20/h4,6-13,18H,3,5,14-17H2,1-2H3. The van der Waals surface area contributed by atoms with Crippen molar-refractivity contribution in [3.8, 4) is 11.3 Å². The number of aryl methyl sites for hydroxylation is 1. The van der Waals surface area contributed by atoms with E-state index in [1.54, 1.807) is 0 Å². The lowest BCUT2D eigenvalue weighted by Crippen LogP contribution is -2.45. The molecule has 29 heavy (non-hydrogen) atoms. The van der Waals surface area contributed by atoms with Crippen LogP contribution in [-0.4, -0.2) is 47.5 Å². The fraction of sp³-hybridized carbons (Fsp3) is 0.320. The van der Waals surface area contributed by atoms with Crippen molar-refractivity contribution >= 4 is 17.0 Å². The van der Waals surface area contributed by atoms with Gasteiger partial charge in [-0.15, -0.1) is 0 Å². The molecule has 3 heterocycles. The van der Waals surface area contributed by atoms with Crippen LogP contribution in [0, 0.1) is 6.92 Å². The maximum atomic E-state index is 5.06. The van der Waals surface area contributed by atoms with Crippen molar-refractivity contribution in [2.45, 2.75) is 19.8 Å². The number of hydrogen-bond donors (Lipinski definition) is 0.